The molecular weight excluding hydrogens is 341 g/mol. The van der Waals surface area contributed by atoms with Gasteiger partial charge in [0.05, 0.1) is 11.9 Å². The van der Waals surface area contributed by atoms with Gasteiger partial charge in [0, 0.05) is 18.8 Å². The second-order valence-corrected chi connectivity index (χ2v) is 6.56. The Labute approximate surface area is 157 Å². The molecule has 0 saturated carbocycles. The van der Waals surface area contributed by atoms with Gasteiger partial charge in [0.15, 0.2) is 0 Å². The number of hydrogen-bond donors (Lipinski definition) is 1. The fourth-order valence-electron chi connectivity index (χ4n) is 3.35. The van der Waals surface area contributed by atoms with E-state index >= 15 is 0 Å². The molecule has 0 aliphatic carbocycles. The van der Waals surface area contributed by atoms with Crippen molar-refractivity contribution in [1.82, 2.24) is 10.3 Å². The van der Waals surface area contributed by atoms with Crippen LogP contribution in [0.1, 0.15) is 21.6 Å². The van der Waals surface area contributed by atoms with Gasteiger partial charge in [-0.2, -0.15) is 0 Å². The van der Waals surface area contributed by atoms with E-state index in [1.807, 2.05) is 12.1 Å². The highest BCUT2D eigenvalue weighted by molar-refractivity contribution is 5.92. The number of carbonyl (C=O) groups excluding carboxylic acids is 1. The Morgan fingerprint density at radius 2 is 1.89 bits per heavy atom. The number of nitrogens with zero attached hydrogens (tertiary/aromatic N) is 2. The lowest BCUT2D eigenvalue weighted by molar-refractivity contribution is 0.0949. The predicted octanol–water partition coefficient (Wildman–Crippen LogP) is 3.89. The molecule has 0 bridgehead atoms. The highest BCUT2D eigenvalue weighted by atomic mass is 19.1. The van der Waals surface area contributed by atoms with E-state index in [4.69, 9.17) is 0 Å². The molecule has 5 heteroatoms. The van der Waals surface area contributed by atoms with Crippen molar-refractivity contribution in [3.63, 3.8) is 0 Å². The van der Waals surface area contributed by atoms with Crippen LogP contribution in [0.25, 0.3) is 0 Å². The molecule has 4 rings (SSSR count). The number of aromatic nitrogens is 1. The number of pyridine rings is 1. The van der Waals surface area contributed by atoms with Crippen molar-refractivity contribution in [1.29, 1.82) is 0 Å². The fraction of sp³-hybridized carbons (Fsp3) is 0.182. The van der Waals surface area contributed by atoms with E-state index in [0.29, 0.717) is 18.7 Å². The number of rotatable bonds is 5. The van der Waals surface area contributed by atoms with Crippen LogP contribution in [0.4, 0.5) is 15.8 Å². The molecule has 2 aromatic carbocycles. The summed E-state index contributed by atoms with van der Waals surface area (Å²) in [4.78, 5) is 18.8. The standard InChI is InChI=1S/C22H20FN3O/c23-18-7-5-16(6-8-18)11-13-24-22(27)20-10-9-19(15-25-20)26-14-12-17-3-1-2-4-21(17)26/h1-10,15H,11-14H2,(H,24,27). The van der Waals surface area contributed by atoms with Crippen molar-refractivity contribution in [2.45, 2.75) is 12.8 Å². The maximum atomic E-state index is 12.9. The molecule has 4 nitrogen and oxygen atoms in total. The van der Waals surface area contributed by atoms with Gasteiger partial charge in [-0.1, -0.05) is 30.3 Å². The van der Waals surface area contributed by atoms with Gasteiger partial charge >= 0.3 is 0 Å². The van der Waals surface area contributed by atoms with E-state index in [1.54, 1.807) is 24.4 Å². The zero-order chi connectivity index (χ0) is 18.6. The van der Waals surface area contributed by atoms with Crippen LogP contribution in [0.2, 0.25) is 0 Å². The lowest BCUT2D eigenvalue weighted by Gasteiger charge is -2.19. The molecule has 1 aliphatic rings. The molecule has 3 aromatic rings. The second-order valence-electron chi connectivity index (χ2n) is 6.56. The number of nitrogens with one attached hydrogen (secondary N) is 1. The van der Waals surface area contributed by atoms with Gasteiger partial charge in [-0.15, -0.1) is 0 Å². The maximum Gasteiger partial charge on any atom is 0.269 e. The summed E-state index contributed by atoms with van der Waals surface area (Å²) in [6.45, 7) is 1.40. The third-order valence-corrected chi connectivity index (χ3v) is 4.79. The highest BCUT2D eigenvalue weighted by Crippen LogP contribution is 2.33. The van der Waals surface area contributed by atoms with Crippen LogP contribution < -0.4 is 10.2 Å². The van der Waals surface area contributed by atoms with Gasteiger partial charge < -0.3 is 10.2 Å². The van der Waals surface area contributed by atoms with Gasteiger partial charge in [-0.3, -0.25) is 4.79 Å². The van der Waals surface area contributed by atoms with Gasteiger partial charge in [0.2, 0.25) is 0 Å². The van der Waals surface area contributed by atoms with E-state index in [-0.39, 0.29) is 11.7 Å². The van der Waals surface area contributed by atoms with E-state index in [1.165, 1.54) is 23.4 Å². The largest absolute Gasteiger partial charge is 0.350 e. The average Bonchev–Trinajstić information content (AvgIpc) is 3.14. The lowest BCUT2D eigenvalue weighted by atomic mass is 10.1. The van der Waals surface area contributed by atoms with Crippen molar-refractivity contribution < 1.29 is 9.18 Å². The van der Waals surface area contributed by atoms with Crippen LogP contribution in [-0.2, 0) is 12.8 Å². The zero-order valence-electron chi connectivity index (χ0n) is 14.9. The summed E-state index contributed by atoms with van der Waals surface area (Å²) >= 11 is 0. The molecule has 1 N–H and O–H groups in total. The van der Waals surface area contributed by atoms with Crippen LogP contribution in [0.3, 0.4) is 0 Å². The summed E-state index contributed by atoms with van der Waals surface area (Å²) < 4.78 is 12.9. The number of hydrogen-bond acceptors (Lipinski definition) is 3. The van der Waals surface area contributed by atoms with Crippen LogP contribution in [0, 0.1) is 5.82 Å². The SMILES string of the molecule is O=C(NCCc1ccc(F)cc1)c1ccc(N2CCc3ccccc32)cn1. The Balaban J connectivity index is 1.36. The quantitative estimate of drug-likeness (QED) is 0.750. The topological polar surface area (TPSA) is 45.2 Å². The number of halogens is 1. The Hall–Kier alpha value is -3.21. The third kappa shape index (κ3) is 3.82. The molecule has 1 aromatic heterocycles. The molecule has 0 unspecified atom stereocenters. The molecule has 0 saturated heterocycles. The Bertz CT molecular complexity index is 939. The van der Waals surface area contributed by atoms with Crippen LogP contribution in [0.15, 0.2) is 66.9 Å². The van der Waals surface area contributed by atoms with Crippen molar-refractivity contribution >= 4 is 17.3 Å². The van der Waals surface area contributed by atoms with Crippen molar-refractivity contribution in [3.05, 3.63) is 89.5 Å². The maximum absolute atomic E-state index is 12.9. The minimum Gasteiger partial charge on any atom is -0.350 e. The number of benzene rings is 2. The van der Waals surface area contributed by atoms with Crippen LogP contribution in [0.5, 0.6) is 0 Å². The van der Waals surface area contributed by atoms with E-state index in [2.05, 4.69) is 33.4 Å². The first kappa shape index (κ1) is 17.2. The Kier molecular flexibility index (Phi) is 4.83. The average molecular weight is 361 g/mol. The first-order chi connectivity index (χ1) is 13.2. The summed E-state index contributed by atoms with van der Waals surface area (Å²) in [6.07, 6.45) is 3.41. The molecule has 2 heterocycles. The van der Waals surface area contributed by atoms with Gasteiger partial charge in [0.1, 0.15) is 11.5 Å². The lowest BCUT2D eigenvalue weighted by Crippen LogP contribution is -2.26. The molecule has 0 spiro atoms. The summed E-state index contributed by atoms with van der Waals surface area (Å²) in [5, 5.41) is 2.86. The normalized spacial score (nSPS) is 12.7. The number of para-hydroxylation sites is 1. The molecule has 136 valence electrons. The minimum absolute atomic E-state index is 0.203. The first-order valence-corrected chi connectivity index (χ1v) is 9.05. The molecule has 0 radical (unpaired) electrons. The summed E-state index contributed by atoms with van der Waals surface area (Å²) in [5.74, 6) is -0.460. The zero-order valence-corrected chi connectivity index (χ0v) is 14.9. The van der Waals surface area contributed by atoms with Crippen LogP contribution in [-0.4, -0.2) is 24.0 Å². The van der Waals surface area contributed by atoms with Gasteiger partial charge in [-0.05, 0) is 54.3 Å². The summed E-state index contributed by atoms with van der Waals surface area (Å²) in [7, 11) is 0. The molecule has 0 fully saturated rings. The highest BCUT2D eigenvalue weighted by Gasteiger charge is 2.20. The Morgan fingerprint density at radius 1 is 1.07 bits per heavy atom. The van der Waals surface area contributed by atoms with Gasteiger partial charge in [-0.25, -0.2) is 9.37 Å². The summed E-state index contributed by atoms with van der Waals surface area (Å²) in [6, 6.07) is 18.3. The van der Waals surface area contributed by atoms with E-state index in [9.17, 15) is 9.18 Å². The molecule has 27 heavy (non-hydrogen) atoms. The van der Waals surface area contributed by atoms with Crippen molar-refractivity contribution in [3.8, 4) is 0 Å². The molecule has 1 amide bonds. The number of anilines is 2. The molecule has 1 aliphatic heterocycles. The van der Waals surface area contributed by atoms with Crippen molar-refractivity contribution in [2.24, 2.45) is 0 Å². The smallest absolute Gasteiger partial charge is 0.269 e. The molecule has 0 atom stereocenters. The number of fused-ring (bicyclic) bond motifs is 1. The minimum atomic E-state index is -0.257. The van der Waals surface area contributed by atoms with E-state index in [0.717, 1.165) is 24.2 Å². The van der Waals surface area contributed by atoms with Crippen molar-refractivity contribution in [2.75, 3.05) is 18.0 Å². The van der Waals surface area contributed by atoms with E-state index < -0.39 is 0 Å². The van der Waals surface area contributed by atoms with Crippen LogP contribution >= 0.6 is 0 Å². The third-order valence-electron chi connectivity index (χ3n) is 4.79. The molecular formula is C22H20FN3O. The Morgan fingerprint density at radius 3 is 2.67 bits per heavy atom. The predicted molar refractivity (Wildman–Crippen MR) is 104 cm³/mol. The number of carbonyl (C=O) groups is 1. The second kappa shape index (κ2) is 7.58. The fourth-order valence-corrected chi connectivity index (χ4v) is 3.35. The summed E-state index contributed by atoms with van der Waals surface area (Å²) in [5.41, 5.74) is 4.90. The first-order valence-electron chi connectivity index (χ1n) is 9.05. The number of amides is 1. The monoisotopic (exact) mass is 361 g/mol. The van der Waals surface area contributed by atoms with Gasteiger partial charge in [0.25, 0.3) is 5.91 Å².